The molecule has 1 heterocycles. The zero-order valence-electron chi connectivity index (χ0n) is 16.1. The predicted molar refractivity (Wildman–Crippen MR) is 103 cm³/mol. The lowest BCUT2D eigenvalue weighted by molar-refractivity contribution is 0.0951. The molecule has 0 unspecified atom stereocenters. The summed E-state index contributed by atoms with van der Waals surface area (Å²) in [6, 6.07) is 7.24. The van der Waals surface area contributed by atoms with Gasteiger partial charge < -0.3 is 21.3 Å². The van der Waals surface area contributed by atoms with Crippen LogP contribution in [0.1, 0.15) is 63.7 Å². The molecule has 2 fully saturated rings. The van der Waals surface area contributed by atoms with Gasteiger partial charge in [0, 0.05) is 34.4 Å². The van der Waals surface area contributed by atoms with E-state index in [0.29, 0.717) is 17.3 Å². The van der Waals surface area contributed by atoms with E-state index < -0.39 is 0 Å². The van der Waals surface area contributed by atoms with Gasteiger partial charge in [0.05, 0.1) is 0 Å². The molecule has 142 valence electrons. The van der Waals surface area contributed by atoms with E-state index in [0.717, 1.165) is 25.7 Å². The number of urea groups is 1. The molecule has 3 rings (SSSR count). The molecule has 0 aromatic heterocycles. The van der Waals surface area contributed by atoms with Gasteiger partial charge in [0.15, 0.2) is 0 Å². The second-order valence-electron chi connectivity index (χ2n) is 8.92. The largest absolute Gasteiger partial charge is 0.349 e. The lowest BCUT2D eigenvalue weighted by Crippen LogP contribution is -2.62. The van der Waals surface area contributed by atoms with Gasteiger partial charge in [-0.05, 0) is 71.6 Å². The van der Waals surface area contributed by atoms with Crippen LogP contribution in [0.3, 0.4) is 0 Å². The first-order chi connectivity index (χ1) is 12.1. The Morgan fingerprint density at radius 2 is 1.65 bits per heavy atom. The van der Waals surface area contributed by atoms with Crippen molar-refractivity contribution in [3.05, 3.63) is 29.8 Å². The molecule has 6 nitrogen and oxygen atoms in total. The molecule has 0 atom stereocenters. The number of piperidine rings is 1. The fraction of sp³-hybridized carbons (Fsp3) is 0.600. The average molecular weight is 358 g/mol. The van der Waals surface area contributed by atoms with Crippen molar-refractivity contribution < 1.29 is 9.59 Å². The van der Waals surface area contributed by atoms with E-state index >= 15 is 0 Å². The minimum absolute atomic E-state index is 0.0273. The normalized spacial score (nSPS) is 21.7. The first-order valence-corrected chi connectivity index (χ1v) is 9.40. The maximum Gasteiger partial charge on any atom is 0.319 e. The Morgan fingerprint density at radius 3 is 2.27 bits per heavy atom. The van der Waals surface area contributed by atoms with E-state index in [-0.39, 0.29) is 29.1 Å². The summed E-state index contributed by atoms with van der Waals surface area (Å²) in [7, 11) is 0. The highest BCUT2D eigenvalue weighted by Gasteiger charge is 2.38. The molecule has 6 heteroatoms. The zero-order chi connectivity index (χ0) is 18.9. The second-order valence-corrected chi connectivity index (χ2v) is 8.92. The van der Waals surface area contributed by atoms with Crippen molar-refractivity contribution in [3.8, 4) is 0 Å². The third-order valence-corrected chi connectivity index (χ3v) is 4.82. The Labute approximate surface area is 155 Å². The lowest BCUT2D eigenvalue weighted by Gasteiger charge is -2.46. The third-order valence-electron chi connectivity index (χ3n) is 4.82. The molecule has 1 aliphatic heterocycles. The molecule has 1 aliphatic carbocycles. The second kappa shape index (κ2) is 6.91. The van der Waals surface area contributed by atoms with Gasteiger partial charge in [0.25, 0.3) is 5.91 Å². The van der Waals surface area contributed by atoms with Crippen molar-refractivity contribution in [2.24, 2.45) is 0 Å². The summed E-state index contributed by atoms with van der Waals surface area (Å²) >= 11 is 0. The summed E-state index contributed by atoms with van der Waals surface area (Å²) in [4.78, 5) is 24.6. The van der Waals surface area contributed by atoms with Crippen molar-refractivity contribution in [3.63, 3.8) is 0 Å². The Hall–Kier alpha value is -2.08. The van der Waals surface area contributed by atoms with Gasteiger partial charge in [0.2, 0.25) is 0 Å². The molecule has 0 spiro atoms. The molecule has 0 bridgehead atoms. The van der Waals surface area contributed by atoms with E-state index in [4.69, 9.17) is 0 Å². The summed E-state index contributed by atoms with van der Waals surface area (Å²) in [6.45, 7) is 8.62. The van der Waals surface area contributed by atoms with Crippen LogP contribution in [-0.2, 0) is 0 Å². The van der Waals surface area contributed by atoms with Crippen LogP contribution >= 0.6 is 0 Å². The summed E-state index contributed by atoms with van der Waals surface area (Å²) < 4.78 is 0. The van der Waals surface area contributed by atoms with Crippen LogP contribution in [0, 0.1) is 0 Å². The van der Waals surface area contributed by atoms with Crippen LogP contribution in [0.2, 0.25) is 0 Å². The molecule has 1 aromatic rings. The van der Waals surface area contributed by atoms with Crippen molar-refractivity contribution >= 4 is 17.6 Å². The predicted octanol–water partition coefficient (Wildman–Crippen LogP) is 3.01. The average Bonchev–Trinajstić information content (AvgIpc) is 3.27. The number of nitrogens with one attached hydrogen (secondary N) is 4. The van der Waals surface area contributed by atoms with Crippen LogP contribution in [0.5, 0.6) is 0 Å². The zero-order valence-corrected chi connectivity index (χ0v) is 16.1. The minimum Gasteiger partial charge on any atom is -0.349 e. The van der Waals surface area contributed by atoms with E-state index in [1.165, 1.54) is 0 Å². The highest BCUT2D eigenvalue weighted by molar-refractivity contribution is 5.97. The molecule has 2 aliphatic rings. The Balaban J connectivity index is 1.58. The topological polar surface area (TPSA) is 82.3 Å². The molecule has 26 heavy (non-hydrogen) atoms. The summed E-state index contributed by atoms with van der Waals surface area (Å²) in [6.07, 6.45) is 3.84. The Kier molecular flexibility index (Phi) is 4.97. The molecule has 1 saturated carbocycles. The number of rotatable bonds is 4. The SMILES string of the molecule is CC1(C)CC(NC(=O)Nc2cccc(C(=O)NC3CC3)c2)CC(C)(C)N1. The van der Waals surface area contributed by atoms with Crippen LogP contribution in [0.25, 0.3) is 0 Å². The smallest absolute Gasteiger partial charge is 0.319 e. The van der Waals surface area contributed by atoms with Gasteiger partial charge in [0.1, 0.15) is 0 Å². The molecular weight excluding hydrogens is 328 g/mol. The number of anilines is 1. The highest BCUT2D eigenvalue weighted by Crippen LogP contribution is 2.28. The van der Waals surface area contributed by atoms with Crippen molar-refractivity contribution in [1.29, 1.82) is 0 Å². The maximum atomic E-state index is 12.4. The standard InChI is InChI=1S/C20H30N4O2/c1-19(2)11-16(12-20(3,4)24-19)23-18(26)22-15-7-5-6-13(10-15)17(25)21-14-8-9-14/h5-7,10,14,16,24H,8-9,11-12H2,1-4H3,(H,21,25)(H2,22,23,26). The van der Waals surface area contributed by atoms with E-state index in [2.05, 4.69) is 49.0 Å². The van der Waals surface area contributed by atoms with Crippen molar-refractivity contribution in [2.75, 3.05) is 5.32 Å². The van der Waals surface area contributed by atoms with Gasteiger partial charge in [-0.3, -0.25) is 4.79 Å². The number of hydrogen-bond donors (Lipinski definition) is 4. The number of carbonyl (C=O) groups excluding carboxylic acids is 2. The summed E-state index contributed by atoms with van der Waals surface area (Å²) in [5, 5.41) is 12.5. The van der Waals surface area contributed by atoms with Gasteiger partial charge >= 0.3 is 6.03 Å². The van der Waals surface area contributed by atoms with E-state index in [9.17, 15) is 9.59 Å². The number of carbonyl (C=O) groups is 2. The summed E-state index contributed by atoms with van der Waals surface area (Å²) in [5.41, 5.74) is 1.14. The monoisotopic (exact) mass is 358 g/mol. The molecule has 3 amide bonds. The van der Waals surface area contributed by atoms with E-state index in [1.54, 1.807) is 24.3 Å². The third kappa shape index (κ3) is 5.21. The van der Waals surface area contributed by atoms with Crippen LogP contribution < -0.4 is 21.3 Å². The fourth-order valence-corrected chi connectivity index (χ4v) is 4.01. The summed E-state index contributed by atoms with van der Waals surface area (Å²) in [5.74, 6) is -0.0848. The van der Waals surface area contributed by atoms with Gasteiger partial charge in [-0.2, -0.15) is 0 Å². The fourth-order valence-electron chi connectivity index (χ4n) is 4.01. The van der Waals surface area contributed by atoms with Gasteiger partial charge in [-0.1, -0.05) is 6.07 Å². The quantitative estimate of drug-likeness (QED) is 0.668. The molecular formula is C20H30N4O2. The Morgan fingerprint density at radius 1 is 1.00 bits per heavy atom. The molecule has 1 saturated heterocycles. The van der Waals surface area contributed by atoms with Crippen molar-refractivity contribution in [2.45, 2.75) is 76.5 Å². The number of benzene rings is 1. The number of amides is 3. The van der Waals surface area contributed by atoms with Crippen LogP contribution in [0.15, 0.2) is 24.3 Å². The molecule has 4 N–H and O–H groups in total. The van der Waals surface area contributed by atoms with Crippen LogP contribution in [-0.4, -0.2) is 35.1 Å². The van der Waals surface area contributed by atoms with E-state index in [1.807, 2.05) is 0 Å². The lowest BCUT2D eigenvalue weighted by atomic mass is 9.80. The molecule has 1 aromatic carbocycles. The maximum absolute atomic E-state index is 12.4. The minimum atomic E-state index is -0.233. The Bertz CT molecular complexity index is 679. The number of hydrogen-bond acceptors (Lipinski definition) is 3. The van der Waals surface area contributed by atoms with Crippen LogP contribution in [0.4, 0.5) is 10.5 Å². The van der Waals surface area contributed by atoms with Gasteiger partial charge in [-0.25, -0.2) is 4.79 Å². The van der Waals surface area contributed by atoms with Gasteiger partial charge in [-0.15, -0.1) is 0 Å². The molecule has 0 radical (unpaired) electrons. The first-order valence-electron chi connectivity index (χ1n) is 9.40. The highest BCUT2D eigenvalue weighted by atomic mass is 16.2. The first kappa shape index (κ1) is 18.7. The van der Waals surface area contributed by atoms with Crippen molar-refractivity contribution in [1.82, 2.24) is 16.0 Å².